The second-order valence-electron chi connectivity index (χ2n) is 6.11. The number of aromatic nitrogens is 3. The fourth-order valence-corrected chi connectivity index (χ4v) is 2.78. The van der Waals surface area contributed by atoms with Crippen LogP contribution in [0.1, 0.15) is 5.56 Å². The Morgan fingerprint density at radius 3 is 2.78 bits per heavy atom. The van der Waals surface area contributed by atoms with E-state index >= 15 is 0 Å². The molecule has 0 saturated heterocycles. The lowest BCUT2D eigenvalue weighted by molar-refractivity contribution is -0.118. The van der Waals surface area contributed by atoms with Crippen molar-refractivity contribution in [3.8, 4) is 5.75 Å². The van der Waals surface area contributed by atoms with Crippen molar-refractivity contribution in [1.82, 2.24) is 14.8 Å². The molecule has 0 aliphatic heterocycles. The van der Waals surface area contributed by atoms with E-state index in [-0.39, 0.29) is 12.5 Å². The smallest absolute Gasteiger partial charge is 0.263 e. The number of amides is 1. The maximum Gasteiger partial charge on any atom is 0.263 e. The molecule has 1 N–H and O–H groups in total. The molecule has 0 atom stereocenters. The summed E-state index contributed by atoms with van der Waals surface area (Å²) in [6.45, 7) is 0.519. The van der Waals surface area contributed by atoms with Crippen LogP contribution in [0.15, 0.2) is 79.3 Å². The number of hydrogen-bond acceptors (Lipinski definition) is 4. The molecule has 0 aliphatic rings. The minimum atomic E-state index is -0.255. The van der Waals surface area contributed by atoms with Gasteiger partial charge in [0.2, 0.25) is 0 Å². The SMILES string of the molecule is O=C(COc1ccc2ccccc2c1)Nc1ccn(Cc2cccnc2)n1. The summed E-state index contributed by atoms with van der Waals surface area (Å²) in [6.07, 6.45) is 5.33. The predicted molar refractivity (Wildman–Crippen MR) is 104 cm³/mol. The lowest BCUT2D eigenvalue weighted by atomic mass is 10.1. The number of benzene rings is 2. The Morgan fingerprint density at radius 1 is 1.04 bits per heavy atom. The zero-order valence-corrected chi connectivity index (χ0v) is 14.6. The van der Waals surface area contributed by atoms with E-state index in [9.17, 15) is 4.79 Å². The van der Waals surface area contributed by atoms with Crippen LogP contribution in [0.2, 0.25) is 0 Å². The van der Waals surface area contributed by atoms with Crippen LogP contribution >= 0.6 is 0 Å². The van der Waals surface area contributed by atoms with Gasteiger partial charge in [-0.2, -0.15) is 5.10 Å². The van der Waals surface area contributed by atoms with Gasteiger partial charge in [-0.05, 0) is 34.5 Å². The quantitative estimate of drug-likeness (QED) is 0.573. The summed E-state index contributed by atoms with van der Waals surface area (Å²) < 4.78 is 7.34. The predicted octanol–water partition coefficient (Wildman–Crippen LogP) is 3.50. The summed E-state index contributed by atoms with van der Waals surface area (Å²) in [4.78, 5) is 16.2. The monoisotopic (exact) mass is 358 g/mol. The molecule has 0 aliphatic carbocycles. The van der Waals surface area contributed by atoms with Crippen molar-refractivity contribution in [2.24, 2.45) is 0 Å². The van der Waals surface area contributed by atoms with Crippen molar-refractivity contribution in [3.63, 3.8) is 0 Å². The first-order valence-corrected chi connectivity index (χ1v) is 8.60. The summed E-state index contributed by atoms with van der Waals surface area (Å²) in [5.74, 6) is 0.895. The van der Waals surface area contributed by atoms with E-state index < -0.39 is 0 Å². The van der Waals surface area contributed by atoms with Gasteiger partial charge >= 0.3 is 0 Å². The second-order valence-corrected chi connectivity index (χ2v) is 6.11. The lowest BCUT2D eigenvalue weighted by Gasteiger charge is -2.07. The molecule has 2 aromatic carbocycles. The third kappa shape index (κ3) is 4.30. The molecule has 4 aromatic rings. The molecular weight excluding hydrogens is 340 g/mol. The van der Waals surface area contributed by atoms with E-state index in [2.05, 4.69) is 15.4 Å². The van der Waals surface area contributed by atoms with Crippen molar-refractivity contribution >= 4 is 22.5 Å². The molecule has 2 aromatic heterocycles. The van der Waals surface area contributed by atoms with Crippen molar-refractivity contribution in [1.29, 1.82) is 0 Å². The molecule has 0 spiro atoms. The molecule has 0 fully saturated rings. The molecular formula is C21H18N4O2. The van der Waals surface area contributed by atoms with Gasteiger partial charge in [0.25, 0.3) is 5.91 Å². The van der Waals surface area contributed by atoms with Gasteiger partial charge in [0.15, 0.2) is 12.4 Å². The average Bonchev–Trinajstić information content (AvgIpc) is 3.13. The first kappa shape index (κ1) is 16.8. The minimum absolute atomic E-state index is 0.0756. The highest BCUT2D eigenvalue weighted by molar-refractivity contribution is 5.91. The first-order chi connectivity index (χ1) is 13.3. The molecule has 0 saturated carbocycles. The normalized spacial score (nSPS) is 10.7. The maximum absolute atomic E-state index is 12.1. The summed E-state index contributed by atoms with van der Waals surface area (Å²) in [6, 6.07) is 19.4. The molecule has 0 radical (unpaired) electrons. The Kier molecular flexibility index (Phi) is 4.78. The molecule has 1 amide bonds. The van der Waals surface area contributed by atoms with Crippen molar-refractivity contribution in [3.05, 3.63) is 84.8 Å². The van der Waals surface area contributed by atoms with E-state index in [1.165, 1.54) is 0 Å². The number of nitrogens with one attached hydrogen (secondary N) is 1. The number of carbonyl (C=O) groups is 1. The van der Waals surface area contributed by atoms with Crippen LogP contribution in [0.3, 0.4) is 0 Å². The lowest BCUT2D eigenvalue weighted by Crippen LogP contribution is -2.20. The maximum atomic E-state index is 12.1. The number of ether oxygens (including phenoxy) is 1. The highest BCUT2D eigenvalue weighted by Gasteiger charge is 2.07. The first-order valence-electron chi connectivity index (χ1n) is 8.60. The van der Waals surface area contributed by atoms with Crippen LogP contribution in [0.5, 0.6) is 5.75 Å². The van der Waals surface area contributed by atoms with Crippen LogP contribution < -0.4 is 10.1 Å². The highest BCUT2D eigenvalue weighted by Crippen LogP contribution is 2.20. The van der Waals surface area contributed by atoms with E-state index in [1.807, 2.05) is 60.8 Å². The molecule has 6 heteroatoms. The topological polar surface area (TPSA) is 69.0 Å². The standard InChI is InChI=1S/C21H18N4O2/c26-21(15-27-19-8-7-17-5-1-2-6-18(17)12-19)23-20-9-11-25(24-20)14-16-4-3-10-22-13-16/h1-13H,14-15H2,(H,23,24,26). The van der Waals surface area contributed by atoms with E-state index in [0.29, 0.717) is 18.1 Å². The van der Waals surface area contributed by atoms with Gasteiger partial charge in [-0.25, -0.2) is 0 Å². The van der Waals surface area contributed by atoms with Crippen LogP contribution in [-0.4, -0.2) is 27.3 Å². The van der Waals surface area contributed by atoms with Gasteiger partial charge in [0.1, 0.15) is 5.75 Å². The van der Waals surface area contributed by atoms with Crippen molar-refractivity contribution in [2.75, 3.05) is 11.9 Å². The number of rotatable bonds is 6. The average molecular weight is 358 g/mol. The Labute approximate surface area is 156 Å². The van der Waals surface area contributed by atoms with Crippen molar-refractivity contribution < 1.29 is 9.53 Å². The molecule has 0 bridgehead atoms. The van der Waals surface area contributed by atoms with Gasteiger partial charge < -0.3 is 10.1 Å². The van der Waals surface area contributed by atoms with Crippen LogP contribution in [0.4, 0.5) is 5.82 Å². The zero-order valence-electron chi connectivity index (χ0n) is 14.6. The Balaban J connectivity index is 1.32. The molecule has 27 heavy (non-hydrogen) atoms. The number of carbonyl (C=O) groups excluding carboxylic acids is 1. The number of pyridine rings is 1. The van der Waals surface area contributed by atoms with Gasteiger partial charge in [-0.15, -0.1) is 0 Å². The van der Waals surface area contributed by atoms with E-state index in [1.54, 1.807) is 23.1 Å². The van der Waals surface area contributed by atoms with E-state index in [4.69, 9.17) is 4.74 Å². The minimum Gasteiger partial charge on any atom is -0.484 e. The summed E-state index contributed by atoms with van der Waals surface area (Å²) in [5, 5.41) is 9.29. The highest BCUT2D eigenvalue weighted by atomic mass is 16.5. The molecule has 0 unspecified atom stereocenters. The molecule has 6 nitrogen and oxygen atoms in total. The van der Waals surface area contributed by atoms with Gasteiger partial charge in [0, 0.05) is 24.7 Å². The van der Waals surface area contributed by atoms with Crippen molar-refractivity contribution in [2.45, 2.75) is 6.54 Å². The molecule has 134 valence electrons. The third-order valence-corrected chi connectivity index (χ3v) is 4.07. The zero-order chi connectivity index (χ0) is 18.5. The van der Waals surface area contributed by atoms with Crippen LogP contribution in [-0.2, 0) is 11.3 Å². The fraction of sp³-hybridized carbons (Fsp3) is 0.0952. The molecule has 4 rings (SSSR count). The number of nitrogens with zero attached hydrogens (tertiary/aromatic N) is 3. The summed E-state index contributed by atoms with van der Waals surface area (Å²) in [5.41, 5.74) is 1.04. The summed E-state index contributed by atoms with van der Waals surface area (Å²) in [7, 11) is 0. The largest absolute Gasteiger partial charge is 0.484 e. The van der Waals surface area contributed by atoms with Crippen LogP contribution in [0.25, 0.3) is 10.8 Å². The van der Waals surface area contributed by atoms with Gasteiger partial charge in [-0.3, -0.25) is 14.5 Å². The number of anilines is 1. The number of hydrogen-bond donors (Lipinski definition) is 1. The Morgan fingerprint density at radius 2 is 1.93 bits per heavy atom. The van der Waals surface area contributed by atoms with Gasteiger partial charge in [0.05, 0.1) is 6.54 Å². The van der Waals surface area contributed by atoms with E-state index in [0.717, 1.165) is 16.3 Å². The Hall–Kier alpha value is -3.67. The fourth-order valence-electron chi connectivity index (χ4n) is 2.78. The summed E-state index contributed by atoms with van der Waals surface area (Å²) >= 11 is 0. The Bertz CT molecular complexity index is 1060. The number of fused-ring (bicyclic) bond motifs is 1. The molecule has 2 heterocycles. The second kappa shape index (κ2) is 7.70. The van der Waals surface area contributed by atoms with Crippen LogP contribution in [0, 0.1) is 0 Å². The van der Waals surface area contributed by atoms with Gasteiger partial charge in [-0.1, -0.05) is 36.4 Å². The third-order valence-electron chi connectivity index (χ3n) is 4.07.